The van der Waals surface area contributed by atoms with Crippen molar-refractivity contribution < 1.29 is 9.59 Å². The number of para-hydroxylation sites is 1. The molecular formula is C17H20N4O3. The van der Waals surface area contributed by atoms with E-state index in [-0.39, 0.29) is 29.5 Å². The smallest absolute Gasteiger partial charge is 0.257 e. The zero-order valence-corrected chi connectivity index (χ0v) is 13.5. The Bertz CT molecular complexity index is 824. The number of pyridine rings is 1. The molecule has 1 saturated heterocycles. The first-order valence-electron chi connectivity index (χ1n) is 7.93. The average Bonchev–Trinajstić information content (AvgIpc) is 3.14. The van der Waals surface area contributed by atoms with Gasteiger partial charge in [0.2, 0.25) is 11.3 Å². The Labute approximate surface area is 139 Å². The van der Waals surface area contributed by atoms with Crippen LogP contribution in [0.3, 0.4) is 0 Å². The lowest BCUT2D eigenvalue weighted by atomic mass is 10.1. The number of fused-ring (bicyclic) bond motifs is 1. The first kappa shape index (κ1) is 16.2. The molecule has 1 aliphatic heterocycles. The van der Waals surface area contributed by atoms with Gasteiger partial charge in [-0.15, -0.1) is 0 Å². The van der Waals surface area contributed by atoms with Gasteiger partial charge in [-0.25, -0.2) is 0 Å². The van der Waals surface area contributed by atoms with E-state index in [9.17, 15) is 14.4 Å². The number of aromatic nitrogens is 1. The van der Waals surface area contributed by atoms with Gasteiger partial charge in [-0.3, -0.25) is 14.4 Å². The molecule has 0 radical (unpaired) electrons. The fourth-order valence-corrected chi connectivity index (χ4v) is 2.89. The standard InChI is InChI=1S/C17H20N4O3/c1-21(11-6-7-18-8-11)15(22)10-20-17(24)13-9-19-14-5-3-2-4-12(14)16(13)23/h2-5,9,11,18H,6-8,10H2,1H3,(H,19,23)(H,20,24). The van der Waals surface area contributed by atoms with Crippen LogP contribution in [-0.2, 0) is 4.79 Å². The van der Waals surface area contributed by atoms with Gasteiger partial charge in [-0.05, 0) is 25.1 Å². The molecule has 7 nitrogen and oxygen atoms in total. The zero-order chi connectivity index (χ0) is 17.1. The molecule has 2 amide bonds. The molecule has 1 fully saturated rings. The monoisotopic (exact) mass is 328 g/mol. The summed E-state index contributed by atoms with van der Waals surface area (Å²) in [6.07, 6.45) is 2.29. The number of likely N-dealkylation sites (N-methyl/N-ethyl adjacent to an activating group) is 1. The maximum absolute atomic E-state index is 12.4. The van der Waals surface area contributed by atoms with Crippen molar-refractivity contribution in [2.24, 2.45) is 0 Å². The molecule has 7 heteroatoms. The zero-order valence-electron chi connectivity index (χ0n) is 13.5. The predicted molar refractivity (Wildman–Crippen MR) is 90.9 cm³/mol. The van der Waals surface area contributed by atoms with Crippen molar-refractivity contribution in [1.82, 2.24) is 20.5 Å². The summed E-state index contributed by atoms with van der Waals surface area (Å²) in [4.78, 5) is 41.4. The average molecular weight is 328 g/mol. The Hall–Kier alpha value is -2.67. The maximum Gasteiger partial charge on any atom is 0.257 e. The van der Waals surface area contributed by atoms with E-state index >= 15 is 0 Å². The molecule has 1 aromatic carbocycles. The molecule has 1 unspecified atom stereocenters. The summed E-state index contributed by atoms with van der Waals surface area (Å²) < 4.78 is 0. The highest BCUT2D eigenvalue weighted by atomic mass is 16.2. The minimum absolute atomic E-state index is 0.00619. The summed E-state index contributed by atoms with van der Waals surface area (Å²) in [6.45, 7) is 1.53. The van der Waals surface area contributed by atoms with Crippen LogP contribution in [0.1, 0.15) is 16.8 Å². The van der Waals surface area contributed by atoms with Crippen molar-refractivity contribution in [2.75, 3.05) is 26.7 Å². The van der Waals surface area contributed by atoms with Gasteiger partial charge >= 0.3 is 0 Å². The van der Waals surface area contributed by atoms with Crippen LogP contribution in [0.15, 0.2) is 35.3 Å². The summed E-state index contributed by atoms with van der Waals surface area (Å²) in [5.41, 5.74) is 0.331. The van der Waals surface area contributed by atoms with E-state index < -0.39 is 5.91 Å². The van der Waals surface area contributed by atoms with Crippen LogP contribution in [0.2, 0.25) is 0 Å². The molecule has 0 bridgehead atoms. The summed E-state index contributed by atoms with van der Waals surface area (Å²) in [7, 11) is 1.73. The third-order valence-electron chi connectivity index (χ3n) is 4.41. The summed E-state index contributed by atoms with van der Waals surface area (Å²) in [5, 5.41) is 6.18. The minimum atomic E-state index is -0.548. The number of aromatic amines is 1. The second-order valence-corrected chi connectivity index (χ2v) is 5.91. The molecule has 3 N–H and O–H groups in total. The van der Waals surface area contributed by atoms with Crippen molar-refractivity contribution >= 4 is 22.7 Å². The van der Waals surface area contributed by atoms with E-state index in [0.29, 0.717) is 10.9 Å². The summed E-state index contributed by atoms with van der Waals surface area (Å²) >= 11 is 0. The molecule has 0 aliphatic carbocycles. The Morgan fingerprint density at radius 1 is 1.33 bits per heavy atom. The first-order valence-corrected chi connectivity index (χ1v) is 7.93. The van der Waals surface area contributed by atoms with Gasteiger partial charge in [0.05, 0.1) is 6.54 Å². The normalized spacial score (nSPS) is 17.0. The molecular weight excluding hydrogens is 308 g/mol. The summed E-state index contributed by atoms with van der Waals surface area (Å²) in [5.74, 6) is -0.720. The topological polar surface area (TPSA) is 94.3 Å². The molecule has 24 heavy (non-hydrogen) atoms. The van der Waals surface area contributed by atoms with Crippen LogP contribution in [0.4, 0.5) is 0 Å². The number of benzene rings is 1. The third-order valence-corrected chi connectivity index (χ3v) is 4.41. The Morgan fingerprint density at radius 3 is 2.88 bits per heavy atom. The van der Waals surface area contributed by atoms with Gasteiger partial charge in [-0.2, -0.15) is 0 Å². The van der Waals surface area contributed by atoms with Crippen LogP contribution in [0.5, 0.6) is 0 Å². The predicted octanol–water partition coefficient (Wildman–Crippen LogP) is 0.0782. The highest BCUT2D eigenvalue weighted by Gasteiger charge is 2.23. The number of carbonyl (C=O) groups excluding carboxylic acids is 2. The largest absolute Gasteiger partial charge is 0.360 e. The van der Waals surface area contributed by atoms with Crippen molar-refractivity contribution in [1.29, 1.82) is 0 Å². The number of hydrogen-bond donors (Lipinski definition) is 3. The van der Waals surface area contributed by atoms with Gasteiger partial charge in [0.15, 0.2) is 0 Å². The SMILES string of the molecule is CN(C(=O)CNC(=O)c1c[nH]c2ccccc2c1=O)C1CCNC1. The fraction of sp³-hybridized carbons (Fsp3) is 0.353. The molecule has 1 aliphatic rings. The lowest BCUT2D eigenvalue weighted by Crippen LogP contribution is -2.44. The summed E-state index contributed by atoms with van der Waals surface area (Å²) in [6, 6.07) is 7.14. The Kier molecular flexibility index (Phi) is 4.61. The van der Waals surface area contributed by atoms with Crippen molar-refractivity contribution in [3.63, 3.8) is 0 Å². The lowest BCUT2D eigenvalue weighted by molar-refractivity contribution is -0.130. The Morgan fingerprint density at radius 2 is 2.12 bits per heavy atom. The van der Waals surface area contributed by atoms with Gasteiger partial charge in [-0.1, -0.05) is 12.1 Å². The maximum atomic E-state index is 12.4. The van der Waals surface area contributed by atoms with Crippen LogP contribution in [-0.4, -0.2) is 54.4 Å². The van der Waals surface area contributed by atoms with Crippen LogP contribution in [0, 0.1) is 0 Å². The molecule has 2 aromatic rings. The van der Waals surface area contributed by atoms with E-state index in [2.05, 4.69) is 15.6 Å². The number of H-pyrrole nitrogens is 1. The van der Waals surface area contributed by atoms with E-state index in [1.165, 1.54) is 6.20 Å². The molecule has 1 atom stereocenters. The van der Waals surface area contributed by atoms with Crippen molar-refractivity contribution in [3.05, 3.63) is 46.2 Å². The molecule has 1 aromatic heterocycles. The van der Waals surface area contributed by atoms with Crippen LogP contribution in [0.25, 0.3) is 10.9 Å². The second-order valence-electron chi connectivity index (χ2n) is 5.91. The van der Waals surface area contributed by atoms with Gasteiger partial charge in [0.1, 0.15) is 5.56 Å². The van der Waals surface area contributed by atoms with Crippen LogP contribution < -0.4 is 16.1 Å². The van der Waals surface area contributed by atoms with E-state index in [1.54, 1.807) is 30.1 Å². The number of nitrogens with zero attached hydrogens (tertiary/aromatic N) is 1. The molecule has 126 valence electrons. The number of carbonyl (C=O) groups is 2. The van der Waals surface area contributed by atoms with E-state index in [4.69, 9.17) is 0 Å². The fourth-order valence-electron chi connectivity index (χ4n) is 2.89. The molecule has 2 heterocycles. The number of rotatable bonds is 4. The third kappa shape index (κ3) is 3.16. The van der Waals surface area contributed by atoms with Crippen LogP contribution >= 0.6 is 0 Å². The van der Waals surface area contributed by atoms with Crippen molar-refractivity contribution in [2.45, 2.75) is 12.5 Å². The van der Waals surface area contributed by atoms with Gasteiger partial charge < -0.3 is 20.5 Å². The second kappa shape index (κ2) is 6.84. The van der Waals surface area contributed by atoms with Crippen molar-refractivity contribution in [3.8, 4) is 0 Å². The highest BCUT2D eigenvalue weighted by Crippen LogP contribution is 2.08. The highest BCUT2D eigenvalue weighted by molar-refractivity contribution is 5.98. The molecule has 0 spiro atoms. The van der Waals surface area contributed by atoms with E-state index in [0.717, 1.165) is 19.5 Å². The quantitative estimate of drug-likeness (QED) is 0.741. The molecule has 3 rings (SSSR count). The lowest BCUT2D eigenvalue weighted by Gasteiger charge is -2.23. The number of nitrogens with one attached hydrogen (secondary N) is 3. The Balaban J connectivity index is 1.68. The number of hydrogen-bond acceptors (Lipinski definition) is 4. The number of amides is 2. The minimum Gasteiger partial charge on any atom is -0.360 e. The van der Waals surface area contributed by atoms with Gasteiger partial charge in [0.25, 0.3) is 5.91 Å². The molecule has 0 saturated carbocycles. The first-order chi connectivity index (χ1) is 11.6. The van der Waals surface area contributed by atoms with Gasteiger partial charge in [0, 0.05) is 36.7 Å². The van der Waals surface area contributed by atoms with E-state index in [1.807, 2.05) is 6.07 Å².